The van der Waals surface area contributed by atoms with Crippen molar-refractivity contribution in [3.05, 3.63) is 42.0 Å². The van der Waals surface area contributed by atoms with E-state index in [1.54, 1.807) is 38.0 Å². The standard InChI is InChI=1S/C25H30N2O6S/c1-30-19-11-16(12-20(31-2)25(19)32-3)22-13-24(29)27(18-8-4-5-9-21(18)34-22)15-23(28)26-14-17-7-6-10-33-17/h4-5,8-9,11-12,17,22H,6-7,10,13-15H2,1-3H3,(H,26,28)/t17-,22+/m1/s1. The molecule has 2 aliphatic rings. The van der Waals surface area contributed by atoms with Gasteiger partial charge in [0.05, 0.1) is 33.1 Å². The Hall–Kier alpha value is -2.91. The molecule has 0 spiro atoms. The van der Waals surface area contributed by atoms with E-state index >= 15 is 0 Å². The minimum Gasteiger partial charge on any atom is -0.493 e. The van der Waals surface area contributed by atoms with Gasteiger partial charge in [0, 0.05) is 29.7 Å². The van der Waals surface area contributed by atoms with Gasteiger partial charge in [0.25, 0.3) is 0 Å². The predicted molar refractivity (Wildman–Crippen MR) is 130 cm³/mol. The molecule has 9 heteroatoms. The number of fused-ring (bicyclic) bond motifs is 1. The fourth-order valence-corrected chi connectivity index (χ4v) is 5.52. The van der Waals surface area contributed by atoms with Crippen molar-refractivity contribution in [1.82, 2.24) is 5.32 Å². The Bertz CT molecular complexity index is 1010. The van der Waals surface area contributed by atoms with Crippen LogP contribution in [0.5, 0.6) is 17.2 Å². The zero-order valence-electron chi connectivity index (χ0n) is 19.7. The maximum absolute atomic E-state index is 13.4. The van der Waals surface area contributed by atoms with Crippen LogP contribution in [0.15, 0.2) is 41.3 Å². The molecule has 2 atom stereocenters. The number of rotatable bonds is 8. The molecule has 2 aromatic carbocycles. The van der Waals surface area contributed by atoms with E-state index in [4.69, 9.17) is 18.9 Å². The molecule has 0 aliphatic carbocycles. The van der Waals surface area contributed by atoms with Crippen molar-refractivity contribution in [1.29, 1.82) is 0 Å². The molecule has 8 nitrogen and oxygen atoms in total. The Labute approximate surface area is 203 Å². The highest BCUT2D eigenvalue weighted by atomic mass is 32.2. The van der Waals surface area contributed by atoms with Gasteiger partial charge in [0.1, 0.15) is 6.54 Å². The summed E-state index contributed by atoms with van der Waals surface area (Å²) in [4.78, 5) is 28.6. The summed E-state index contributed by atoms with van der Waals surface area (Å²) < 4.78 is 22.0. The van der Waals surface area contributed by atoms with Gasteiger partial charge in [-0.2, -0.15) is 0 Å². The second-order valence-electron chi connectivity index (χ2n) is 8.16. The Morgan fingerprint density at radius 1 is 1.15 bits per heavy atom. The Balaban J connectivity index is 1.58. The average Bonchev–Trinajstić information content (AvgIpc) is 3.34. The summed E-state index contributed by atoms with van der Waals surface area (Å²) in [5.41, 5.74) is 1.62. The summed E-state index contributed by atoms with van der Waals surface area (Å²) in [6, 6.07) is 11.4. The maximum atomic E-state index is 13.4. The van der Waals surface area contributed by atoms with Gasteiger partial charge in [-0.1, -0.05) is 12.1 Å². The van der Waals surface area contributed by atoms with Crippen LogP contribution in [0, 0.1) is 0 Å². The topological polar surface area (TPSA) is 86.3 Å². The van der Waals surface area contributed by atoms with E-state index in [2.05, 4.69) is 5.32 Å². The van der Waals surface area contributed by atoms with Crippen molar-refractivity contribution < 1.29 is 28.5 Å². The van der Waals surface area contributed by atoms with Crippen molar-refractivity contribution in [2.45, 2.75) is 35.5 Å². The number of hydrogen-bond donors (Lipinski definition) is 1. The van der Waals surface area contributed by atoms with E-state index in [0.717, 1.165) is 35.6 Å². The minimum atomic E-state index is -0.199. The lowest BCUT2D eigenvalue weighted by atomic mass is 10.1. The number of carbonyl (C=O) groups is 2. The van der Waals surface area contributed by atoms with Gasteiger partial charge < -0.3 is 29.2 Å². The summed E-state index contributed by atoms with van der Waals surface area (Å²) in [5, 5.41) is 2.73. The lowest BCUT2D eigenvalue weighted by Crippen LogP contribution is -2.42. The maximum Gasteiger partial charge on any atom is 0.240 e. The number of benzene rings is 2. The van der Waals surface area contributed by atoms with Crippen LogP contribution >= 0.6 is 11.8 Å². The van der Waals surface area contributed by atoms with Crippen molar-refractivity contribution in [2.24, 2.45) is 0 Å². The molecular weight excluding hydrogens is 456 g/mol. The molecule has 0 aromatic heterocycles. The monoisotopic (exact) mass is 486 g/mol. The second kappa shape index (κ2) is 11.0. The summed E-state index contributed by atoms with van der Waals surface area (Å²) in [7, 11) is 4.69. The normalized spacial score (nSPS) is 19.9. The Kier molecular flexibility index (Phi) is 7.84. The fraction of sp³-hybridized carbons (Fsp3) is 0.440. The molecule has 4 rings (SSSR count). The summed E-state index contributed by atoms with van der Waals surface area (Å²) in [6.45, 7) is 1.16. The van der Waals surface area contributed by atoms with E-state index in [1.807, 2.05) is 36.4 Å². The smallest absolute Gasteiger partial charge is 0.240 e. The van der Waals surface area contributed by atoms with Crippen molar-refractivity contribution in [3.8, 4) is 17.2 Å². The second-order valence-corrected chi connectivity index (χ2v) is 9.40. The molecule has 0 bridgehead atoms. The minimum absolute atomic E-state index is 0.0366. The molecule has 2 heterocycles. The third-order valence-electron chi connectivity index (χ3n) is 6.00. The zero-order valence-corrected chi connectivity index (χ0v) is 20.5. The number of anilines is 1. The molecule has 0 saturated carbocycles. The van der Waals surface area contributed by atoms with Crippen LogP contribution in [0.2, 0.25) is 0 Å². The molecule has 1 saturated heterocycles. The van der Waals surface area contributed by atoms with Gasteiger partial charge in [0.15, 0.2) is 11.5 Å². The first kappa shape index (κ1) is 24.2. The van der Waals surface area contributed by atoms with Crippen molar-refractivity contribution >= 4 is 29.3 Å². The quantitative estimate of drug-likeness (QED) is 0.610. The van der Waals surface area contributed by atoms with E-state index < -0.39 is 0 Å². The molecule has 2 aromatic rings. The molecule has 1 fully saturated rings. The number of methoxy groups -OCH3 is 3. The number of hydrogen-bond acceptors (Lipinski definition) is 7. The van der Waals surface area contributed by atoms with E-state index in [1.165, 1.54) is 0 Å². The van der Waals surface area contributed by atoms with Crippen molar-refractivity contribution in [2.75, 3.05) is 45.9 Å². The molecule has 0 radical (unpaired) electrons. The summed E-state index contributed by atoms with van der Waals surface area (Å²) in [6.07, 6.45) is 2.23. The summed E-state index contributed by atoms with van der Waals surface area (Å²) >= 11 is 1.58. The van der Waals surface area contributed by atoms with Crippen LogP contribution in [0.1, 0.15) is 30.1 Å². The van der Waals surface area contributed by atoms with Crippen LogP contribution in [0.3, 0.4) is 0 Å². The van der Waals surface area contributed by atoms with Gasteiger partial charge >= 0.3 is 0 Å². The van der Waals surface area contributed by atoms with Gasteiger partial charge in [0.2, 0.25) is 17.6 Å². The van der Waals surface area contributed by atoms with Gasteiger partial charge in [-0.25, -0.2) is 0 Å². The van der Waals surface area contributed by atoms with Gasteiger partial charge in [-0.15, -0.1) is 11.8 Å². The lowest BCUT2D eigenvalue weighted by Gasteiger charge is -2.22. The molecule has 2 aliphatic heterocycles. The largest absolute Gasteiger partial charge is 0.493 e. The highest BCUT2D eigenvalue weighted by Crippen LogP contribution is 2.48. The van der Waals surface area contributed by atoms with Crippen LogP contribution in [-0.4, -0.2) is 58.9 Å². The predicted octanol–water partition coefficient (Wildman–Crippen LogP) is 3.58. The number of para-hydroxylation sites is 1. The van der Waals surface area contributed by atoms with Gasteiger partial charge in [-0.05, 0) is 42.7 Å². The zero-order chi connectivity index (χ0) is 24.1. The van der Waals surface area contributed by atoms with Crippen LogP contribution in [0.4, 0.5) is 5.69 Å². The van der Waals surface area contributed by atoms with E-state index in [0.29, 0.717) is 23.8 Å². The number of nitrogens with zero attached hydrogens (tertiary/aromatic N) is 1. The third-order valence-corrected chi connectivity index (χ3v) is 7.32. The van der Waals surface area contributed by atoms with Crippen LogP contribution in [0.25, 0.3) is 0 Å². The first-order chi connectivity index (χ1) is 16.5. The SMILES string of the molecule is COc1cc([C@@H]2CC(=O)N(CC(=O)NC[C@H]3CCCO3)c3ccccc3S2)cc(OC)c1OC. The molecule has 0 unspecified atom stereocenters. The van der Waals surface area contributed by atoms with E-state index in [9.17, 15) is 9.59 Å². The average molecular weight is 487 g/mol. The Morgan fingerprint density at radius 2 is 1.88 bits per heavy atom. The van der Waals surface area contributed by atoms with Crippen molar-refractivity contribution in [3.63, 3.8) is 0 Å². The first-order valence-electron chi connectivity index (χ1n) is 11.3. The number of ether oxygens (including phenoxy) is 4. The van der Waals surface area contributed by atoms with Crippen LogP contribution in [-0.2, 0) is 14.3 Å². The Morgan fingerprint density at radius 3 is 2.53 bits per heavy atom. The third kappa shape index (κ3) is 5.26. The summed E-state index contributed by atoms with van der Waals surface area (Å²) in [5.74, 6) is 1.25. The first-order valence-corrected chi connectivity index (χ1v) is 12.2. The number of amides is 2. The molecule has 34 heavy (non-hydrogen) atoms. The number of carbonyl (C=O) groups excluding carboxylic acids is 2. The van der Waals surface area contributed by atoms with Crippen LogP contribution < -0.4 is 24.4 Å². The lowest BCUT2D eigenvalue weighted by molar-refractivity contribution is -0.124. The number of thioether (sulfide) groups is 1. The number of nitrogens with one attached hydrogen (secondary N) is 1. The molecule has 1 N–H and O–H groups in total. The van der Waals surface area contributed by atoms with Gasteiger partial charge in [-0.3, -0.25) is 9.59 Å². The highest BCUT2D eigenvalue weighted by molar-refractivity contribution is 7.99. The van der Waals surface area contributed by atoms with E-state index in [-0.39, 0.29) is 36.1 Å². The highest BCUT2D eigenvalue weighted by Gasteiger charge is 2.31. The fourth-order valence-electron chi connectivity index (χ4n) is 4.26. The molecule has 2 amide bonds. The molecule has 182 valence electrons. The molecular formula is C25H30N2O6S.